The van der Waals surface area contributed by atoms with Gasteiger partial charge >= 0.3 is 0 Å². The summed E-state index contributed by atoms with van der Waals surface area (Å²) in [5.74, 6) is 4.65. The van der Waals surface area contributed by atoms with Crippen molar-refractivity contribution in [3.05, 3.63) is 59.7 Å². The molecular weight excluding hydrogens is 538 g/mol. The van der Waals surface area contributed by atoms with E-state index in [0.717, 1.165) is 50.2 Å². The van der Waals surface area contributed by atoms with E-state index in [1.165, 1.54) is 0 Å². The lowest BCUT2D eigenvalue weighted by molar-refractivity contribution is 0.0504. The first kappa shape index (κ1) is 27.7. The first-order chi connectivity index (χ1) is 20.5. The zero-order valence-electron chi connectivity index (χ0n) is 24.7. The quantitative estimate of drug-likeness (QED) is 0.217. The number of benzene rings is 4. The zero-order chi connectivity index (χ0) is 29.4. The molecule has 0 spiro atoms. The van der Waals surface area contributed by atoms with Crippen LogP contribution in [0.2, 0.25) is 0 Å². The molecule has 2 aliphatic heterocycles. The molecular formula is C33H35NO8. The molecule has 9 nitrogen and oxygen atoms in total. The van der Waals surface area contributed by atoms with E-state index in [1.807, 2.05) is 37.3 Å². The monoisotopic (exact) mass is 573 g/mol. The van der Waals surface area contributed by atoms with Crippen molar-refractivity contribution in [3.63, 3.8) is 0 Å². The second-order valence-electron chi connectivity index (χ2n) is 10.0. The molecule has 1 N–H and O–H groups in total. The van der Waals surface area contributed by atoms with Crippen molar-refractivity contribution in [3.8, 4) is 51.4 Å². The fourth-order valence-electron chi connectivity index (χ4n) is 6.05. The maximum atomic E-state index is 6.40. The largest absolute Gasteiger partial charge is 0.496 e. The average Bonchev–Trinajstić information content (AvgIpc) is 3.49. The molecule has 0 saturated carbocycles. The zero-order valence-corrected chi connectivity index (χ0v) is 24.7. The van der Waals surface area contributed by atoms with E-state index in [-0.39, 0.29) is 18.9 Å². The van der Waals surface area contributed by atoms with E-state index >= 15 is 0 Å². The minimum atomic E-state index is -0.358. The van der Waals surface area contributed by atoms with Gasteiger partial charge in [-0.1, -0.05) is 12.1 Å². The highest BCUT2D eigenvalue weighted by atomic mass is 16.7. The summed E-state index contributed by atoms with van der Waals surface area (Å²) in [6.45, 7) is 2.70. The van der Waals surface area contributed by atoms with Crippen molar-refractivity contribution in [1.82, 2.24) is 0 Å². The maximum Gasteiger partial charge on any atom is 0.231 e. The van der Waals surface area contributed by atoms with Crippen LogP contribution in [0.4, 0.5) is 5.69 Å². The standard InChI is InChI=1S/C33H35NO8/c1-7-40-26(22-14-27(37-4)28(38-5)16-25(22)36-3)15-23-31-19(10-11-24(35-2)33(31)39-6)20-9-8-18-12-29-30(42-17-41-29)13-21(18)32(20)34-23/h8-14,16,23,26,34H,7,15,17H2,1-6H3. The van der Waals surface area contributed by atoms with E-state index < -0.39 is 0 Å². The lowest BCUT2D eigenvalue weighted by atomic mass is 9.84. The predicted molar refractivity (Wildman–Crippen MR) is 160 cm³/mol. The summed E-state index contributed by atoms with van der Waals surface area (Å²) in [7, 11) is 8.18. The Labute approximate surface area is 245 Å². The van der Waals surface area contributed by atoms with Gasteiger partial charge in [-0.3, -0.25) is 0 Å². The number of ether oxygens (including phenoxy) is 8. The predicted octanol–water partition coefficient (Wildman–Crippen LogP) is 6.91. The highest BCUT2D eigenvalue weighted by Crippen LogP contribution is 2.53. The van der Waals surface area contributed by atoms with Crippen molar-refractivity contribution >= 4 is 16.5 Å². The van der Waals surface area contributed by atoms with E-state index in [2.05, 4.69) is 23.5 Å². The third-order valence-electron chi connectivity index (χ3n) is 7.95. The molecule has 9 heteroatoms. The van der Waals surface area contributed by atoms with Gasteiger partial charge in [0.2, 0.25) is 6.79 Å². The number of hydrogen-bond acceptors (Lipinski definition) is 9. The molecule has 2 unspecified atom stereocenters. The lowest BCUT2D eigenvalue weighted by Crippen LogP contribution is -2.22. The summed E-state index contributed by atoms with van der Waals surface area (Å²) < 4.78 is 46.5. The Morgan fingerprint density at radius 3 is 2.14 bits per heavy atom. The van der Waals surface area contributed by atoms with Crippen molar-refractivity contribution in [2.24, 2.45) is 0 Å². The van der Waals surface area contributed by atoms with E-state index in [4.69, 9.17) is 37.9 Å². The molecule has 0 saturated heterocycles. The molecule has 42 heavy (non-hydrogen) atoms. The molecule has 2 aliphatic rings. The van der Waals surface area contributed by atoms with Crippen LogP contribution in [-0.4, -0.2) is 48.9 Å². The molecule has 0 fully saturated rings. The van der Waals surface area contributed by atoms with Crippen LogP contribution in [-0.2, 0) is 4.74 Å². The van der Waals surface area contributed by atoms with Gasteiger partial charge in [0.1, 0.15) is 5.75 Å². The summed E-state index contributed by atoms with van der Waals surface area (Å²) in [4.78, 5) is 0. The summed E-state index contributed by atoms with van der Waals surface area (Å²) in [5, 5.41) is 5.94. The molecule has 4 aromatic rings. The van der Waals surface area contributed by atoms with Gasteiger partial charge in [0.25, 0.3) is 0 Å². The maximum absolute atomic E-state index is 6.40. The van der Waals surface area contributed by atoms with E-state index in [9.17, 15) is 0 Å². The molecule has 0 amide bonds. The van der Waals surface area contributed by atoms with Crippen LogP contribution in [0, 0.1) is 0 Å². The fraction of sp³-hybridized carbons (Fsp3) is 0.333. The number of fused-ring (bicyclic) bond motifs is 6. The average molecular weight is 574 g/mol. The van der Waals surface area contributed by atoms with E-state index in [0.29, 0.717) is 41.8 Å². The van der Waals surface area contributed by atoms with Crippen molar-refractivity contribution < 1.29 is 37.9 Å². The molecule has 0 radical (unpaired) electrons. The highest BCUT2D eigenvalue weighted by Gasteiger charge is 2.34. The van der Waals surface area contributed by atoms with Gasteiger partial charge in [0, 0.05) is 41.2 Å². The van der Waals surface area contributed by atoms with Crippen molar-refractivity contribution in [2.45, 2.75) is 25.5 Å². The molecule has 0 aliphatic carbocycles. The fourth-order valence-corrected chi connectivity index (χ4v) is 6.05. The number of hydrogen-bond donors (Lipinski definition) is 1. The van der Waals surface area contributed by atoms with Gasteiger partial charge in [-0.2, -0.15) is 0 Å². The normalized spacial score (nSPS) is 15.3. The van der Waals surface area contributed by atoms with Gasteiger partial charge in [0.15, 0.2) is 34.5 Å². The third kappa shape index (κ3) is 4.54. The minimum Gasteiger partial charge on any atom is -0.496 e. The van der Waals surface area contributed by atoms with E-state index in [1.54, 1.807) is 35.5 Å². The van der Waals surface area contributed by atoms with Crippen LogP contribution >= 0.6 is 0 Å². The van der Waals surface area contributed by atoms with Crippen LogP contribution in [0.3, 0.4) is 0 Å². The Balaban J connectivity index is 1.52. The van der Waals surface area contributed by atoms with Gasteiger partial charge in [0.05, 0.1) is 53.4 Å². The Hall–Kier alpha value is -4.50. The molecule has 220 valence electrons. The molecule has 2 atom stereocenters. The van der Waals surface area contributed by atoms with Crippen molar-refractivity contribution in [2.75, 3.05) is 54.3 Å². The minimum absolute atomic E-state index is 0.215. The van der Waals surface area contributed by atoms with Crippen LogP contribution in [0.15, 0.2) is 48.5 Å². The second-order valence-corrected chi connectivity index (χ2v) is 10.0. The SMILES string of the molecule is CCOC(CC1Nc2c(ccc3cc4c(cc23)OCO4)-c2ccc(OC)c(OC)c21)c1cc(OC)c(OC)cc1OC. The first-order valence-electron chi connectivity index (χ1n) is 13.8. The first-order valence-corrected chi connectivity index (χ1v) is 13.8. The molecule has 2 heterocycles. The summed E-state index contributed by atoms with van der Waals surface area (Å²) in [6.07, 6.45) is 0.194. The summed E-state index contributed by atoms with van der Waals surface area (Å²) >= 11 is 0. The summed E-state index contributed by atoms with van der Waals surface area (Å²) in [6, 6.07) is 15.9. The highest BCUT2D eigenvalue weighted by molar-refractivity contribution is 6.05. The number of nitrogens with one attached hydrogen (secondary N) is 1. The number of rotatable bonds is 10. The van der Waals surface area contributed by atoms with Gasteiger partial charge < -0.3 is 43.2 Å². The number of methoxy groups -OCH3 is 5. The summed E-state index contributed by atoms with van der Waals surface area (Å²) in [5.41, 5.74) is 4.97. The Morgan fingerprint density at radius 2 is 1.45 bits per heavy atom. The van der Waals surface area contributed by atoms with Gasteiger partial charge in [-0.15, -0.1) is 0 Å². The molecule has 0 aromatic heterocycles. The van der Waals surface area contributed by atoms with Crippen LogP contribution in [0.1, 0.15) is 36.6 Å². The Morgan fingerprint density at radius 1 is 0.762 bits per heavy atom. The Kier molecular flexibility index (Phi) is 7.51. The van der Waals surface area contributed by atoms with Gasteiger partial charge in [-0.05, 0) is 48.2 Å². The lowest BCUT2D eigenvalue weighted by Gasteiger charge is -2.35. The molecule has 0 bridgehead atoms. The van der Waals surface area contributed by atoms with Crippen LogP contribution in [0.25, 0.3) is 21.9 Å². The van der Waals surface area contributed by atoms with Gasteiger partial charge in [-0.25, -0.2) is 0 Å². The second kappa shape index (κ2) is 11.4. The smallest absolute Gasteiger partial charge is 0.231 e. The van der Waals surface area contributed by atoms with Crippen LogP contribution in [0.5, 0.6) is 40.2 Å². The number of anilines is 1. The third-order valence-corrected chi connectivity index (χ3v) is 7.95. The van der Waals surface area contributed by atoms with Crippen molar-refractivity contribution in [1.29, 1.82) is 0 Å². The topological polar surface area (TPSA) is 85.9 Å². The molecule has 4 aromatic carbocycles. The molecule has 6 rings (SSSR count). The Bertz CT molecular complexity index is 1640. The van der Waals surface area contributed by atoms with Crippen LogP contribution < -0.4 is 38.5 Å².